The molecule has 0 saturated carbocycles. The van der Waals surface area contributed by atoms with Gasteiger partial charge < -0.3 is 15.4 Å². The molecule has 1 fully saturated rings. The second-order valence-electron chi connectivity index (χ2n) is 8.91. The lowest BCUT2D eigenvalue weighted by Gasteiger charge is -2.26. The van der Waals surface area contributed by atoms with Crippen LogP contribution in [0.4, 0.5) is 23.1 Å². The molecular weight excluding hydrogens is 530 g/mol. The Hall–Kier alpha value is -2.37. The van der Waals surface area contributed by atoms with Crippen LogP contribution in [0.1, 0.15) is 20.3 Å². The van der Waals surface area contributed by atoms with Crippen LogP contribution in [-0.2, 0) is 14.6 Å². The Bertz CT molecular complexity index is 1280. The van der Waals surface area contributed by atoms with Gasteiger partial charge >= 0.3 is 0 Å². The number of anilines is 4. The third-order valence-electron chi connectivity index (χ3n) is 5.91. The second kappa shape index (κ2) is 12.9. The summed E-state index contributed by atoms with van der Waals surface area (Å²) in [5.74, 6) is 1.73. The Kier molecular flexibility index (Phi) is 9.66. The van der Waals surface area contributed by atoms with E-state index in [0.717, 1.165) is 50.7 Å². The number of para-hydroxylation sites is 1. The largest absolute Gasteiger partial charge is 0.379 e. The standard InChI is InChI=1S/C26H32ClN5O3S2/c1-19(2)37(33,34)24-7-4-3-6-23(24)30-25-22(27)18-28-26(31-25)29-20-8-10-21(11-9-20)36-17-5-12-32-13-15-35-16-14-32/h3-4,6-11,18-19H,5,12-17H2,1-2H3,(H2,28,29,30,31). The molecule has 1 aliphatic heterocycles. The summed E-state index contributed by atoms with van der Waals surface area (Å²) in [4.78, 5) is 12.6. The molecule has 1 saturated heterocycles. The van der Waals surface area contributed by atoms with Crippen molar-refractivity contribution in [1.29, 1.82) is 0 Å². The quantitative estimate of drug-likeness (QED) is 0.228. The summed E-state index contributed by atoms with van der Waals surface area (Å²) in [6.45, 7) is 8.14. The highest BCUT2D eigenvalue weighted by Gasteiger charge is 2.23. The minimum Gasteiger partial charge on any atom is -0.379 e. The molecule has 0 amide bonds. The number of nitrogens with one attached hydrogen (secondary N) is 2. The van der Waals surface area contributed by atoms with Crippen LogP contribution in [0.2, 0.25) is 5.02 Å². The van der Waals surface area contributed by atoms with Crippen molar-refractivity contribution >= 4 is 56.3 Å². The zero-order valence-corrected chi connectivity index (χ0v) is 23.4. The van der Waals surface area contributed by atoms with Crippen LogP contribution >= 0.6 is 23.4 Å². The van der Waals surface area contributed by atoms with Crippen LogP contribution in [0.25, 0.3) is 0 Å². The SMILES string of the molecule is CC(C)S(=O)(=O)c1ccccc1Nc1nc(Nc2ccc(SCCCN3CCOCC3)cc2)ncc1Cl. The molecule has 11 heteroatoms. The number of sulfone groups is 1. The average Bonchev–Trinajstić information content (AvgIpc) is 2.90. The number of hydrogen-bond donors (Lipinski definition) is 2. The summed E-state index contributed by atoms with van der Waals surface area (Å²) < 4.78 is 31.0. The monoisotopic (exact) mass is 561 g/mol. The van der Waals surface area contributed by atoms with E-state index in [1.807, 2.05) is 23.9 Å². The minimum atomic E-state index is -3.49. The molecule has 2 N–H and O–H groups in total. The van der Waals surface area contributed by atoms with Crippen molar-refractivity contribution in [1.82, 2.24) is 14.9 Å². The number of nitrogens with zero attached hydrogens (tertiary/aromatic N) is 3. The summed E-state index contributed by atoms with van der Waals surface area (Å²) in [7, 11) is -3.49. The molecule has 0 atom stereocenters. The van der Waals surface area contributed by atoms with Crippen molar-refractivity contribution in [2.45, 2.75) is 35.3 Å². The van der Waals surface area contributed by atoms with E-state index in [1.54, 1.807) is 38.1 Å². The van der Waals surface area contributed by atoms with Gasteiger partial charge in [-0.25, -0.2) is 13.4 Å². The van der Waals surface area contributed by atoms with Crippen LogP contribution in [0.5, 0.6) is 0 Å². The number of hydrogen-bond acceptors (Lipinski definition) is 9. The first kappa shape index (κ1) is 27.7. The van der Waals surface area contributed by atoms with Gasteiger partial charge in [-0.05, 0) is 69.0 Å². The molecular formula is C26H32ClN5O3S2. The molecule has 0 spiro atoms. The zero-order valence-electron chi connectivity index (χ0n) is 21.0. The van der Waals surface area contributed by atoms with Gasteiger partial charge in [0.1, 0.15) is 5.02 Å². The topological polar surface area (TPSA) is 96.5 Å². The number of aromatic nitrogens is 2. The van der Waals surface area contributed by atoms with Gasteiger partial charge in [0, 0.05) is 23.7 Å². The molecule has 0 aliphatic carbocycles. The zero-order chi connectivity index (χ0) is 26.3. The number of thioether (sulfide) groups is 1. The fourth-order valence-electron chi connectivity index (χ4n) is 3.78. The van der Waals surface area contributed by atoms with Crippen molar-refractivity contribution in [2.24, 2.45) is 0 Å². The van der Waals surface area contributed by atoms with Crippen molar-refractivity contribution in [2.75, 3.05) is 49.2 Å². The smallest absolute Gasteiger partial charge is 0.229 e. The summed E-state index contributed by atoms with van der Waals surface area (Å²) in [5.41, 5.74) is 1.26. The molecule has 2 aromatic carbocycles. The van der Waals surface area contributed by atoms with E-state index < -0.39 is 15.1 Å². The molecule has 198 valence electrons. The van der Waals surface area contributed by atoms with Gasteiger partial charge in [-0.15, -0.1) is 11.8 Å². The van der Waals surface area contributed by atoms with Gasteiger partial charge in [-0.3, -0.25) is 4.90 Å². The van der Waals surface area contributed by atoms with E-state index in [4.69, 9.17) is 16.3 Å². The molecule has 0 bridgehead atoms. The van der Waals surface area contributed by atoms with E-state index in [0.29, 0.717) is 17.5 Å². The number of halogens is 1. The van der Waals surface area contributed by atoms with Crippen LogP contribution in [0.15, 0.2) is 64.5 Å². The Morgan fingerprint density at radius 1 is 1.08 bits per heavy atom. The van der Waals surface area contributed by atoms with E-state index in [-0.39, 0.29) is 9.92 Å². The van der Waals surface area contributed by atoms with Gasteiger partial charge in [0.2, 0.25) is 5.95 Å². The number of benzene rings is 2. The van der Waals surface area contributed by atoms with Gasteiger partial charge in [0.25, 0.3) is 0 Å². The molecule has 1 aromatic heterocycles. The number of morpholine rings is 1. The van der Waals surface area contributed by atoms with E-state index in [9.17, 15) is 8.42 Å². The molecule has 0 unspecified atom stereocenters. The lowest BCUT2D eigenvalue weighted by Crippen LogP contribution is -2.36. The maximum atomic E-state index is 12.8. The van der Waals surface area contributed by atoms with Gasteiger partial charge in [0.15, 0.2) is 15.7 Å². The van der Waals surface area contributed by atoms with Crippen LogP contribution in [0, 0.1) is 0 Å². The molecule has 3 aromatic rings. The van der Waals surface area contributed by atoms with Gasteiger partial charge in [-0.1, -0.05) is 23.7 Å². The molecule has 2 heterocycles. The first-order valence-corrected chi connectivity index (χ1v) is 15.2. The second-order valence-corrected chi connectivity index (χ2v) is 13.0. The Morgan fingerprint density at radius 2 is 1.81 bits per heavy atom. The minimum absolute atomic E-state index is 0.201. The lowest BCUT2D eigenvalue weighted by atomic mass is 10.3. The van der Waals surface area contributed by atoms with Gasteiger partial charge in [0.05, 0.1) is 35.2 Å². The highest BCUT2D eigenvalue weighted by atomic mass is 35.5. The number of rotatable bonds is 11. The van der Waals surface area contributed by atoms with E-state index in [2.05, 4.69) is 37.6 Å². The fourth-order valence-corrected chi connectivity index (χ4v) is 5.96. The summed E-state index contributed by atoms with van der Waals surface area (Å²) in [5, 5.41) is 5.99. The Labute approximate surface area is 228 Å². The third kappa shape index (κ3) is 7.58. The molecule has 4 rings (SSSR count). The highest BCUT2D eigenvalue weighted by Crippen LogP contribution is 2.30. The van der Waals surface area contributed by atoms with Crippen molar-refractivity contribution < 1.29 is 13.2 Å². The lowest BCUT2D eigenvalue weighted by molar-refractivity contribution is 0.0381. The van der Waals surface area contributed by atoms with Crippen molar-refractivity contribution in [3.63, 3.8) is 0 Å². The van der Waals surface area contributed by atoms with E-state index in [1.165, 1.54) is 11.1 Å². The summed E-state index contributed by atoms with van der Waals surface area (Å²) >= 11 is 8.17. The maximum absolute atomic E-state index is 12.8. The van der Waals surface area contributed by atoms with Gasteiger partial charge in [-0.2, -0.15) is 4.98 Å². The van der Waals surface area contributed by atoms with Crippen molar-refractivity contribution in [3.8, 4) is 0 Å². The Morgan fingerprint density at radius 3 is 2.54 bits per heavy atom. The number of ether oxygens (including phenoxy) is 1. The predicted molar refractivity (Wildman–Crippen MR) is 151 cm³/mol. The molecule has 0 radical (unpaired) electrons. The third-order valence-corrected chi connectivity index (χ3v) is 9.50. The highest BCUT2D eigenvalue weighted by molar-refractivity contribution is 7.99. The molecule has 8 nitrogen and oxygen atoms in total. The van der Waals surface area contributed by atoms with Crippen LogP contribution in [0.3, 0.4) is 0 Å². The molecule has 37 heavy (non-hydrogen) atoms. The van der Waals surface area contributed by atoms with Crippen molar-refractivity contribution in [3.05, 3.63) is 59.8 Å². The van der Waals surface area contributed by atoms with Crippen LogP contribution < -0.4 is 10.6 Å². The predicted octanol–water partition coefficient (Wildman–Crippen LogP) is 5.61. The first-order valence-electron chi connectivity index (χ1n) is 12.3. The Balaban J connectivity index is 1.37. The van der Waals surface area contributed by atoms with E-state index >= 15 is 0 Å². The maximum Gasteiger partial charge on any atom is 0.229 e. The fraction of sp³-hybridized carbons (Fsp3) is 0.385. The normalized spacial score (nSPS) is 14.6. The average molecular weight is 562 g/mol. The summed E-state index contributed by atoms with van der Waals surface area (Å²) in [6, 6.07) is 14.8. The molecule has 1 aliphatic rings. The summed E-state index contributed by atoms with van der Waals surface area (Å²) in [6.07, 6.45) is 2.62. The van der Waals surface area contributed by atoms with Crippen LogP contribution in [-0.4, -0.2) is 67.1 Å². The first-order chi connectivity index (χ1) is 17.8.